The second-order valence-electron chi connectivity index (χ2n) is 6.17. The third-order valence-corrected chi connectivity index (χ3v) is 4.64. The van der Waals surface area contributed by atoms with Gasteiger partial charge in [0.15, 0.2) is 11.0 Å². The fourth-order valence-electron chi connectivity index (χ4n) is 2.58. The molecule has 6 nitrogen and oxygen atoms in total. The van der Waals surface area contributed by atoms with Crippen molar-refractivity contribution in [2.45, 2.75) is 32.0 Å². The molecule has 0 bridgehead atoms. The topological polar surface area (TPSA) is 72.7 Å². The van der Waals surface area contributed by atoms with Gasteiger partial charge in [0, 0.05) is 24.0 Å². The van der Waals surface area contributed by atoms with Crippen LogP contribution in [0, 0.1) is 6.92 Å². The molecule has 134 valence electrons. The van der Waals surface area contributed by atoms with E-state index in [1.165, 1.54) is 11.8 Å². The molecule has 1 aromatic carbocycles. The van der Waals surface area contributed by atoms with E-state index in [1.807, 2.05) is 61.7 Å². The van der Waals surface area contributed by atoms with Gasteiger partial charge in [-0.1, -0.05) is 30.0 Å². The van der Waals surface area contributed by atoms with Crippen LogP contribution in [0.5, 0.6) is 0 Å². The van der Waals surface area contributed by atoms with Crippen molar-refractivity contribution in [3.05, 3.63) is 54.4 Å². The fourth-order valence-corrected chi connectivity index (χ4v) is 3.33. The van der Waals surface area contributed by atoms with Crippen LogP contribution in [0.2, 0.25) is 0 Å². The highest BCUT2D eigenvalue weighted by Crippen LogP contribution is 2.29. The number of nitrogens with zero attached hydrogens (tertiary/aromatic N) is 4. The van der Waals surface area contributed by atoms with Crippen LogP contribution in [0.25, 0.3) is 17.1 Å². The lowest BCUT2D eigenvalue weighted by atomic mass is 10.2. The van der Waals surface area contributed by atoms with Crippen LogP contribution in [0.1, 0.15) is 19.4 Å². The van der Waals surface area contributed by atoms with Gasteiger partial charge in [0.2, 0.25) is 5.91 Å². The summed E-state index contributed by atoms with van der Waals surface area (Å²) in [6.07, 6.45) is 3.46. The summed E-state index contributed by atoms with van der Waals surface area (Å²) in [7, 11) is 0. The maximum absolute atomic E-state index is 12.0. The van der Waals surface area contributed by atoms with Gasteiger partial charge in [0.1, 0.15) is 0 Å². The van der Waals surface area contributed by atoms with Crippen molar-refractivity contribution in [1.29, 1.82) is 0 Å². The van der Waals surface area contributed by atoms with Gasteiger partial charge in [-0.05, 0) is 44.5 Å². The Bertz CT molecular complexity index is 892. The molecule has 0 aliphatic rings. The lowest BCUT2D eigenvalue weighted by Gasteiger charge is -2.13. The molecule has 1 N–H and O–H groups in total. The quantitative estimate of drug-likeness (QED) is 0.677. The summed E-state index contributed by atoms with van der Waals surface area (Å²) in [5.74, 6) is 1.00. The smallest absolute Gasteiger partial charge is 0.230 e. The van der Waals surface area contributed by atoms with Crippen molar-refractivity contribution < 1.29 is 4.79 Å². The molecule has 7 heteroatoms. The zero-order valence-corrected chi connectivity index (χ0v) is 15.8. The van der Waals surface area contributed by atoms with Gasteiger partial charge in [-0.3, -0.25) is 14.3 Å². The zero-order chi connectivity index (χ0) is 18.5. The van der Waals surface area contributed by atoms with Crippen LogP contribution >= 0.6 is 11.8 Å². The number of aromatic nitrogens is 4. The van der Waals surface area contributed by atoms with Crippen LogP contribution in [0.15, 0.2) is 53.9 Å². The number of benzene rings is 1. The van der Waals surface area contributed by atoms with Crippen molar-refractivity contribution in [3.8, 4) is 17.1 Å². The van der Waals surface area contributed by atoms with Crippen molar-refractivity contribution in [1.82, 2.24) is 25.1 Å². The molecule has 26 heavy (non-hydrogen) atoms. The lowest BCUT2D eigenvalue weighted by Crippen LogP contribution is -2.31. The predicted molar refractivity (Wildman–Crippen MR) is 103 cm³/mol. The second kappa shape index (κ2) is 8.14. The highest BCUT2D eigenvalue weighted by molar-refractivity contribution is 7.99. The lowest BCUT2D eigenvalue weighted by molar-refractivity contribution is -0.119. The maximum Gasteiger partial charge on any atom is 0.230 e. The van der Waals surface area contributed by atoms with Crippen LogP contribution in [0.3, 0.4) is 0 Å². The molecule has 0 aliphatic carbocycles. The van der Waals surface area contributed by atoms with Crippen molar-refractivity contribution in [3.63, 3.8) is 0 Å². The number of aryl methyl sites for hydroxylation is 1. The van der Waals surface area contributed by atoms with Crippen molar-refractivity contribution >= 4 is 17.7 Å². The number of pyridine rings is 1. The van der Waals surface area contributed by atoms with E-state index in [4.69, 9.17) is 0 Å². The Labute approximate surface area is 157 Å². The molecular weight excluding hydrogens is 346 g/mol. The molecule has 0 aliphatic heterocycles. The number of carbonyl (C=O) groups is 1. The van der Waals surface area contributed by atoms with Crippen molar-refractivity contribution in [2.75, 3.05) is 5.75 Å². The number of rotatable bonds is 6. The Kier molecular flexibility index (Phi) is 5.68. The Balaban J connectivity index is 1.99. The van der Waals surface area contributed by atoms with E-state index in [2.05, 4.69) is 20.5 Å². The van der Waals surface area contributed by atoms with Gasteiger partial charge in [0.05, 0.1) is 11.4 Å². The van der Waals surface area contributed by atoms with Gasteiger partial charge in [-0.15, -0.1) is 10.2 Å². The van der Waals surface area contributed by atoms with Gasteiger partial charge in [-0.25, -0.2) is 0 Å². The van der Waals surface area contributed by atoms with Gasteiger partial charge >= 0.3 is 0 Å². The number of para-hydroxylation sites is 1. The number of thioether (sulfide) groups is 1. The number of amides is 1. The van der Waals surface area contributed by atoms with Crippen LogP contribution in [0.4, 0.5) is 0 Å². The van der Waals surface area contributed by atoms with E-state index in [1.54, 1.807) is 12.4 Å². The van der Waals surface area contributed by atoms with Gasteiger partial charge < -0.3 is 5.32 Å². The Morgan fingerprint density at radius 2 is 1.88 bits per heavy atom. The largest absolute Gasteiger partial charge is 0.353 e. The summed E-state index contributed by atoms with van der Waals surface area (Å²) in [5.41, 5.74) is 3.03. The summed E-state index contributed by atoms with van der Waals surface area (Å²) in [5, 5.41) is 12.3. The molecule has 3 rings (SSSR count). The highest BCUT2D eigenvalue weighted by atomic mass is 32.2. The summed E-state index contributed by atoms with van der Waals surface area (Å²) in [6, 6.07) is 12.0. The SMILES string of the molecule is Cc1ccccc1-n1c(SCC(=O)NC(C)C)nnc1-c1ccncc1. The molecule has 0 saturated carbocycles. The first-order chi connectivity index (χ1) is 12.6. The molecule has 3 aromatic rings. The minimum absolute atomic E-state index is 0.0187. The number of hydrogen-bond acceptors (Lipinski definition) is 5. The predicted octanol–water partition coefficient (Wildman–Crippen LogP) is 3.25. The average Bonchev–Trinajstić information content (AvgIpc) is 3.04. The molecule has 0 atom stereocenters. The Morgan fingerprint density at radius 1 is 1.15 bits per heavy atom. The molecule has 0 radical (unpaired) electrons. The van der Waals surface area contributed by atoms with E-state index >= 15 is 0 Å². The molecule has 1 amide bonds. The molecular formula is C19H21N5OS. The average molecular weight is 367 g/mol. The van der Waals surface area contributed by atoms with E-state index in [0.29, 0.717) is 10.9 Å². The van der Waals surface area contributed by atoms with Crippen molar-refractivity contribution in [2.24, 2.45) is 0 Å². The first kappa shape index (κ1) is 18.1. The van der Waals surface area contributed by atoms with Crippen LogP contribution < -0.4 is 5.32 Å². The number of carbonyl (C=O) groups excluding carboxylic acids is 1. The minimum Gasteiger partial charge on any atom is -0.353 e. The van der Waals surface area contributed by atoms with E-state index < -0.39 is 0 Å². The second-order valence-corrected chi connectivity index (χ2v) is 7.12. The summed E-state index contributed by atoms with van der Waals surface area (Å²) in [4.78, 5) is 16.1. The molecule has 2 heterocycles. The van der Waals surface area contributed by atoms with Crippen LogP contribution in [-0.4, -0.2) is 37.5 Å². The minimum atomic E-state index is -0.0187. The van der Waals surface area contributed by atoms with Gasteiger partial charge in [0.25, 0.3) is 0 Å². The molecule has 0 saturated heterocycles. The molecule has 0 fully saturated rings. The summed E-state index contributed by atoms with van der Waals surface area (Å²) < 4.78 is 2.00. The van der Waals surface area contributed by atoms with Gasteiger partial charge in [-0.2, -0.15) is 0 Å². The first-order valence-electron chi connectivity index (χ1n) is 8.40. The monoisotopic (exact) mass is 367 g/mol. The van der Waals surface area contributed by atoms with Crippen LogP contribution in [-0.2, 0) is 4.79 Å². The molecule has 0 spiro atoms. The Morgan fingerprint density at radius 3 is 2.58 bits per heavy atom. The molecule has 0 unspecified atom stereocenters. The normalized spacial score (nSPS) is 10.9. The fraction of sp³-hybridized carbons (Fsp3) is 0.263. The summed E-state index contributed by atoms with van der Waals surface area (Å²) >= 11 is 1.38. The Hall–Kier alpha value is -2.67. The van der Waals surface area contributed by atoms with E-state index in [0.717, 1.165) is 22.6 Å². The molecule has 2 aromatic heterocycles. The maximum atomic E-state index is 12.0. The standard InChI is InChI=1S/C19H21N5OS/c1-13(2)21-17(25)12-26-19-23-22-18(15-8-10-20-11-9-15)24(19)16-7-5-4-6-14(16)3/h4-11,13H,12H2,1-3H3,(H,21,25). The number of nitrogens with one attached hydrogen (secondary N) is 1. The highest BCUT2D eigenvalue weighted by Gasteiger charge is 2.18. The van der Waals surface area contributed by atoms with E-state index in [9.17, 15) is 4.79 Å². The van der Waals surface area contributed by atoms with E-state index in [-0.39, 0.29) is 11.9 Å². The third-order valence-electron chi connectivity index (χ3n) is 3.71. The zero-order valence-electron chi connectivity index (χ0n) is 15.0. The third kappa shape index (κ3) is 4.11. The first-order valence-corrected chi connectivity index (χ1v) is 9.39. The summed E-state index contributed by atoms with van der Waals surface area (Å²) in [6.45, 7) is 5.94. The number of hydrogen-bond donors (Lipinski definition) is 1.